The molecule has 1 aromatic heterocycles. The molecule has 1 N–H and O–H groups in total. The molecule has 1 saturated heterocycles. The van der Waals surface area contributed by atoms with Crippen LogP contribution in [-0.2, 0) is 13.0 Å². The number of benzene rings is 1. The van der Waals surface area contributed by atoms with Crippen LogP contribution in [0.25, 0.3) is 0 Å². The monoisotopic (exact) mass is 358 g/mol. The summed E-state index contributed by atoms with van der Waals surface area (Å²) in [4.78, 5) is 16.5. The molecule has 1 fully saturated rings. The minimum Gasteiger partial charge on any atom is -0.497 e. The van der Waals surface area contributed by atoms with Crippen molar-refractivity contribution in [3.05, 3.63) is 47.3 Å². The molecule has 0 aliphatic carbocycles. The maximum Gasteiger partial charge on any atom is 0.317 e. The Labute approximate surface area is 153 Å². The van der Waals surface area contributed by atoms with Gasteiger partial charge in [-0.2, -0.15) is 0 Å². The molecular formula is C19H26N4O3. The SMILES string of the molecule is COc1ccc(CCN2CCN(C(=O)NCc3cc(C)on3)CC2)cc1. The van der Waals surface area contributed by atoms with Crippen LogP contribution >= 0.6 is 0 Å². The molecule has 0 bridgehead atoms. The summed E-state index contributed by atoms with van der Waals surface area (Å²) in [5, 5.41) is 6.78. The second-order valence-corrected chi connectivity index (χ2v) is 6.51. The van der Waals surface area contributed by atoms with Crippen LogP contribution in [0, 0.1) is 6.92 Å². The zero-order valence-corrected chi connectivity index (χ0v) is 15.4. The van der Waals surface area contributed by atoms with Gasteiger partial charge in [-0.25, -0.2) is 4.79 Å². The van der Waals surface area contributed by atoms with E-state index < -0.39 is 0 Å². The van der Waals surface area contributed by atoms with Crippen molar-refractivity contribution in [2.24, 2.45) is 0 Å². The van der Waals surface area contributed by atoms with Crippen molar-refractivity contribution in [2.45, 2.75) is 19.9 Å². The molecule has 1 aliphatic rings. The number of carbonyl (C=O) groups excluding carboxylic acids is 1. The van der Waals surface area contributed by atoms with E-state index >= 15 is 0 Å². The molecule has 2 aromatic rings. The first-order valence-electron chi connectivity index (χ1n) is 8.94. The van der Waals surface area contributed by atoms with Gasteiger partial charge in [0.2, 0.25) is 0 Å². The normalized spacial score (nSPS) is 15.1. The second-order valence-electron chi connectivity index (χ2n) is 6.51. The highest BCUT2D eigenvalue weighted by Gasteiger charge is 2.20. The number of aromatic nitrogens is 1. The molecule has 7 nitrogen and oxygen atoms in total. The summed E-state index contributed by atoms with van der Waals surface area (Å²) in [5.41, 5.74) is 2.04. The van der Waals surface area contributed by atoms with Gasteiger partial charge in [0, 0.05) is 38.8 Å². The number of carbonyl (C=O) groups is 1. The third-order valence-corrected chi connectivity index (χ3v) is 4.63. The fraction of sp³-hybridized carbons (Fsp3) is 0.474. The van der Waals surface area contributed by atoms with Gasteiger partial charge in [-0.1, -0.05) is 17.3 Å². The molecule has 140 valence electrons. The zero-order valence-electron chi connectivity index (χ0n) is 15.4. The topological polar surface area (TPSA) is 70.8 Å². The summed E-state index contributed by atoms with van der Waals surface area (Å²) in [6.07, 6.45) is 1.00. The molecule has 0 spiro atoms. The molecule has 26 heavy (non-hydrogen) atoms. The Morgan fingerprint density at radius 1 is 1.23 bits per heavy atom. The van der Waals surface area contributed by atoms with Crippen LogP contribution in [0.15, 0.2) is 34.9 Å². The molecule has 0 atom stereocenters. The van der Waals surface area contributed by atoms with E-state index in [4.69, 9.17) is 9.26 Å². The minimum absolute atomic E-state index is 0.0412. The number of aryl methyl sites for hydroxylation is 1. The number of methoxy groups -OCH3 is 1. The van der Waals surface area contributed by atoms with Crippen molar-refractivity contribution in [3.63, 3.8) is 0 Å². The fourth-order valence-electron chi connectivity index (χ4n) is 3.03. The first-order chi connectivity index (χ1) is 12.6. The Bertz CT molecular complexity index is 706. The van der Waals surface area contributed by atoms with Gasteiger partial charge in [-0.15, -0.1) is 0 Å². The van der Waals surface area contributed by atoms with Crippen LogP contribution < -0.4 is 10.1 Å². The number of hydrogen-bond donors (Lipinski definition) is 1. The number of nitrogens with zero attached hydrogens (tertiary/aromatic N) is 3. The molecule has 1 aliphatic heterocycles. The third-order valence-electron chi connectivity index (χ3n) is 4.63. The summed E-state index contributed by atoms with van der Waals surface area (Å²) in [6.45, 7) is 6.51. The van der Waals surface area contributed by atoms with Crippen LogP contribution in [0.5, 0.6) is 5.75 Å². The highest BCUT2D eigenvalue weighted by Crippen LogP contribution is 2.12. The number of ether oxygens (including phenoxy) is 1. The van der Waals surface area contributed by atoms with E-state index in [1.165, 1.54) is 5.56 Å². The van der Waals surface area contributed by atoms with E-state index in [0.29, 0.717) is 6.54 Å². The molecule has 7 heteroatoms. The van der Waals surface area contributed by atoms with Gasteiger partial charge in [-0.05, 0) is 31.0 Å². The summed E-state index contributed by atoms with van der Waals surface area (Å²) < 4.78 is 10.2. The van der Waals surface area contributed by atoms with Gasteiger partial charge in [0.1, 0.15) is 17.2 Å². The molecular weight excluding hydrogens is 332 g/mol. The number of nitrogens with one attached hydrogen (secondary N) is 1. The van der Waals surface area contributed by atoms with E-state index in [9.17, 15) is 4.79 Å². The quantitative estimate of drug-likeness (QED) is 0.856. The average molecular weight is 358 g/mol. The number of amides is 2. The third kappa shape index (κ3) is 4.98. The minimum atomic E-state index is -0.0412. The maximum absolute atomic E-state index is 12.3. The van der Waals surface area contributed by atoms with Gasteiger partial charge < -0.3 is 19.5 Å². The van der Waals surface area contributed by atoms with E-state index in [0.717, 1.165) is 56.3 Å². The molecule has 1 aromatic carbocycles. The lowest BCUT2D eigenvalue weighted by atomic mass is 10.1. The Morgan fingerprint density at radius 3 is 2.58 bits per heavy atom. The van der Waals surface area contributed by atoms with Crippen molar-refractivity contribution in [1.82, 2.24) is 20.3 Å². The summed E-state index contributed by atoms with van der Waals surface area (Å²) in [5.74, 6) is 1.63. The van der Waals surface area contributed by atoms with Crippen molar-refractivity contribution in [1.29, 1.82) is 0 Å². The first kappa shape index (κ1) is 18.3. The molecule has 2 amide bonds. The van der Waals surface area contributed by atoms with Crippen LogP contribution in [-0.4, -0.2) is 60.8 Å². The number of urea groups is 1. The van der Waals surface area contributed by atoms with Crippen molar-refractivity contribution in [2.75, 3.05) is 39.8 Å². The predicted molar refractivity (Wildman–Crippen MR) is 98.2 cm³/mol. The van der Waals surface area contributed by atoms with Crippen molar-refractivity contribution >= 4 is 6.03 Å². The zero-order chi connectivity index (χ0) is 18.4. The Kier molecular flexibility index (Phi) is 6.12. The second kappa shape index (κ2) is 8.71. The summed E-state index contributed by atoms with van der Waals surface area (Å²) in [6, 6.07) is 9.99. The first-order valence-corrected chi connectivity index (χ1v) is 8.94. The maximum atomic E-state index is 12.3. The van der Waals surface area contributed by atoms with E-state index in [1.54, 1.807) is 7.11 Å². The van der Waals surface area contributed by atoms with E-state index in [1.807, 2.05) is 30.0 Å². The van der Waals surface area contributed by atoms with Crippen molar-refractivity contribution in [3.8, 4) is 5.75 Å². The van der Waals surface area contributed by atoms with Crippen LogP contribution in [0.3, 0.4) is 0 Å². The van der Waals surface area contributed by atoms with Gasteiger partial charge in [0.05, 0.1) is 13.7 Å². The van der Waals surface area contributed by atoms with E-state index in [-0.39, 0.29) is 6.03 Å². The highest BCUT2D eigenvalue weighted by molar-refractivity contribution is 5.74. The lowest BCUT2D eigenvalue weighted by Gasteiger charge is -2.34. The lowest BCUT2D eigenvalue weighted by Crippen LogP contribution is -2.51. The molecule has 2 heterocycles. The van der Waals surface area contributed by atoms with Gasteiger partial charge in [-0.3, -0.25) is 4.90 Å². The van der Waals surface area contributed by atoms with Crippen LogP contribution in [0.2, 0.25) is 0 Å². The van der Waals surface area contributed by atoms with Crippen LogP contribution in [0.1, 0.15) is 17.0 Å². The van der Waals surface area contributed by atoms with Crippen LogP contribution in [0.4, 0.5) is 4.79 Å². The summed E-state index contributed by atoms with van der Waals surface area (Å²) in [7, 11) is 1.68. The largest absolute Gasteiger partial charge is 0.497 e. The van der Waals surface area contributed by atoms with E-state index in [2.05, 4.69) is 27.5 Å². The number of hydrogen-bond acceptors (Lipinski definition) is 5. The highest BCUT2D eigenvalue weighted by atomic mass is 16.5. The molecule has 3 rings (SSSR count). The Hall–Kier alpha value is -2.54. The smallest absolute Gasteiger partial charge is 0.317 e. The summed E-state index contributed by atoms with van der Waals surface area (Å²) >= 11 is 0. The van der Waals surface area contributed by atoms with Gasteiger partial charge in [0.15, 0.2) is 0 Å². The number of piperazine rings is 1. The molecule has 0 unspecified atom stereocenters. The van der Waals surface area contributed by atoms with Gasteiger partial charge in [0.25, 0.3) is 0 Å². The molecule has 0 radical (unpaired) electrons. The number of rotatable bonds is 6. The fourth-order valence-corrected chi connectivity index (χ4v) is 3.03. The van der Waals surface area contributed by atoms with Gasteiger partial charge >= 0.3 is 6.03 Å². The average Bonchev–Trinajstić information content (AvgIpc) is 3.10. The lowest BCUT2D eigenvalue weighted by molar-refractivity contribution is 0.139. The standard InChI is InChI=1S/C19H26N4O3/c1-15-13-17(21-26-15)14-20-19(24)23-11-9-22(10-12-23)8-7-16-3-5-18(25-2)6-4-16/h3-6,13H,7-12,14H2,1-2H3,(H,20,24). The Morgan fingerprint density at radius 2 is 1.96 bits per heavy atom. The molecule has 0 saturated carbocycles. The van der Waals surface area contributed by atoms with Crippen molar-refractivity contribution < 1.29 is 14.1 Å². The Balaban J connectivity index is 1.37. The predicted octanol–water partition coefficient (Wildman–Crippen LogP) is 2.06.